The van der Waals surface area contributed by atoms with Crippen molar-refractivity contribution in [1.29, 1.82) is 0 Å². The third-order valence-electron chi connectivity index (χ3n) is 9.50. The van der Waals surface area contributed by atoms with Crippen molar-refractivity contribution in [3.63, 3.8) is 0 Å². The molecule has 0 aliphatic carbocycles. The molecule has 0 aromatic heterocycles. The van der Waals surface area contributed by atoms with Gasteiger partial charge in [0, 0.05) is 6.04 Å². The topological polar surface area (TPSA) is 24.1 Å². The van der Waals surface area contributed by atoms with Crippen LogP contribution in [0.3, 0.4) is 0 Å². The van der Waals surface area contributed by atoms with E-state index in [1.807, 2.05) is 0 Å². The second-order valence-corrected chi connectivity index (χ2v) is 14.8. The monoisotopic (exact) mass is 637 g/mol. The van der Waals surface area contributed by atoms with Crippen LogP contribution in [0.4, 0.5) is 0 Å². The van der Waals surface area contributed by atoms with Gasteiger partial charge in [-0.15, -0.1) is 0 Å². The molecule has 0 spiro atoms. The van der Waals surface area contributed by atoms with Gasteiger partial charge in [-0.2, -0.15) is 0 Å². The molecule has 2 nitrogen and oxygen atoms in total. The summed E-state index contributed by atoms with van der Waals surface area (Å²) < 4.78 is 0. The van der Waals surface area contributed by atoms with E-state index in [0.29, 0.717) is 6.04 Å². The van der Waals surface area contributed by atoms with Crippen LogP contribution in [-0.4, -0.2) is 25.7 Å². The highest BCUT2D eigenvalue weighted by molar-refractivity contribution is 4.55. The van der Waals surface area contributed by atoms with E-state index < -0.39 is 0 Å². The number of hydrogen-bond acceptors (Lipinski definition) is 2. The Balaban J connectivity index is 0. The zero-order valence-electron chi connectivity index (χ0n) is 32.7. The number of hydrogen-bond donors (Lipinski definition) is 2. The Labute approximate surface area is 288 Å². The highest BCUT2D eigenvalue weighted by Gasteiger charge is 1.97. The quantitative estimate of drug-likeness (QED) is 0.0659. The summed E-state index contributed by atoms with van der Waals surface area (Å²) in [4.78, 5) is 0. The molecule has 2 N–H and O–H groups in total. The first kappa shape index (κ1) is 47.0. The van der Waals surface area contributed by atoms with Gasteiger partial charge in [0.05, 0.1) is 0 Å². The summed E-state index contributed by atoms with van der Waals surface area (Å²) in [6.07, 6.45) is 49.2. The molecule has 2 heteroatoms. The third-order valence-corrected chi connectivity index (χ3v) is 9.50. The molecule has 0 aliphatic rings. The summed E-state index contributed by atoms with van der Waals surface area (Å²) in [7, 11) is 0. The Morgan fingerprint density at radius 3 is 0.756 bits per heavy atom. The fraction of sp³-hybridized carbons (Fsp3) is 1.00. The SMILES string of the molecule is CCCCCCCCCCCCCCCCCCNC(C)C.CCCCCCCCCCCCCCCCCCNCCCC. The normalized spacial score (nSPS) is 11.3. The molecule has 274 valence electrons. The van der Waals surface area contributed by atoms with Crippen LogP contribution in [0.1, 0.15) is 253 Å². The molecular formula is C43H92N2. The molecule has 0 aliphatic heterocycles. The molecule has 0 saturated carbocycles. The average molecular weight is 637 g/mol. The lowest BCUT2D eigenvalue weighted by Gasteiger charge is -2.07. The van der Waals surface area contributed by atoms with Crippen molar-refractivity contribution in [2.24, 2.45) is 0 Å². The van der Waals surface area contributed by atoms with Crippen molar-refractivity contribution in [2.45, 2.75) is 259 Å². The molecule has 0 aromatic rings. The van der Waals surface area contributed by atoms with E-state index in [2.05, 4.69) is 45.3 Å². The Morgan fingerprint density at radius 2 is 0.489 bits per heavy atom. The molecule has 0 fully saturated rings. The second-order valence-electron chi connectivity index (χ2n) is 14.8. The third kappa shape index (κ3) is 51.0. The van der Waals surface area contributed by atoms with Crippen molar-refractivity contribution in [3.05, 3.63) is 0 Å². The maximum absolute atomic E-state index is 3.54. The van der Waals surface area contributed by atoms with Crippen molar-refractivity contribution < 1.29 is 0 Å². The second kappa shape index (κ2) is 46.0. The molecule has 45 heavy (non-hydrogen) atoms. The van der Waals surface area contributed by atoms with E-state index in [-0.39, 0.29) is 0 Å². The summed E-state index contributed by atoms with van der Waals surface area (Å²) in [6, 6.07) is 0.649. The summed E-state index contributed by atoms with van der Waals surface area (Å²) in [5.41, 5.74) is 0. The molecule has 0 amide bonds. The van der Waals surface area contributed by atoms with E-state index >= 15 is 0 Å². The predicted molar refractivity (Wildman–Crippen MR) is 210 cm³/mol. The fourth-order valence-corrected chi connectivity index (χ4v) is 6.29. The molecule has 0 aromatic carbocycles. The minimum absolute atomic E-state index is 0.649. The highest BCUT2D eigenvalue weighted by atomic mass is 14.9. The van der Waals surface area contributed by atoms with Crippen molar-refractivity contribution >= 4 is 0 Å². The Bertz CT molecular complexity index is 443. The molecule has 0 rings (SSSR count). The van der Waals surface area contributed by atoms with Crippen LogP contribution in [0, 0.1) is 0 Å². The summed E-state index contributed by atoms with van der Waals surface area (Å²) in [5, 5.41) is 7.03. The first-order chi connectivity index (χ1) is 22.2. The van der Waals surface area contributed by atoms with E-state index in [0.717, 1.165) is 0 Å². The minimum Gasteiger partial charge on any atom is -0.317 e. The molecule has 0 radical (unpaired) electrons. The van der Waals surface area contributed by atoms with Gasteiger partial charge in [0.15, 0.2) is 0 Å². The van der Waals surface area contributed by atoms with E-state index in [1.165, 1.54) is 238 Å². The van der Waals surface area contributed by atoms with Crippen LogP contribution in [0.2, 0.25) is 0 Å². The Hall–Kier alpha value is -0.0800. The smallest absolute Gasteiger partial charge is 0.00103 e. The lowest BCUT2D eigenvalue weighted by Crippen LogP contribution is -2.23. The van der Waals surface area contributed by atoms with E-state index in [4.69, 9.17) is 0 Å². The van der Waals surface area contributed by atoms with Gasteiger partial charge in [-0.05, 0) is 38.9 Å². The van der Waals surface area contributed by atoms with Gasteiger partial charge in [0.2, 0.25) is 0 Å². The van der Waals surface area contributed by atoms with Crippen molar-refractivity contribution in [2.75, 3.05) is 19.6 Å². The lowest BCUT2D eigenvalue weighted by atomic mass is 10.0. The molecule has 0 atom stereocenters. The van der Waals surface area contributed by atoms with Crippen LogP contribution in [0.15, 0.2) is 0 Å². The van der Waals surface area contributed by atoms with Crippen LogP contribution >= 0.6 is 0 Å². The van der Waals surface area contributed by atoms with Gasteiger partial charge in [0.25, 0.3) is 0 Å². The van der Waals surface area contributed by atoms with Crippen molar-refractivity contribution in [3.8, 4) is 0 Å². The van der Waals surface area contributed by atoms with Crippen LogP contribution in [0.5, 0.6) is 0 Å². The fourth-order valence-electron chi connectivity index (χ4n) is 6.29. The first-order valence-electron chi connectivity index (χ1n) is 21.6. The zero-order valence-corrected chi connectivity index (χ0v) is 32.7. The van der Waals surface area contributed by atoms with Gasteiger partial charge in [-0.3, -0.25) is 0 Å². The van der Waals surface area contributed by atoms with Crippen LogP contribution in [-0.2, 0) is 0 Å². The number of rotatable bonds is 38. The number of nitrogens with one attached hydrogen (secondary N) is 2. The van der Waals surface area contributed by atoms with E-state index in [9.17, 15) is 0 Å². The van der Waals surface area contributed by atoms with Gasteiger partial charge in [-0.25, -0.2) is 0 Å². The Morgan fingerprint density at radius 1 is 0.267 bits per heavy atom. The maximum atomic E-state index is 3.54. The largest absolute Gasteiger partial charge is 0.317 e. The standard InChI is InChI=1S/C22H47N.C21H45N/c1-3-5-7-8-9-10-11-12-13-14-15-16-17-18-19-20-22-23-21-6-4-2;1-4-5-6-7-8-9-10-11-12-13-14-15-16-17-18-19-20-22-21(2)3/h23H,3-22H2,1-2H3;21-22H,4-20H2,1-3H3. The first-order valence-corrected chi connectivity index (χ1v) is 21.6. The highest BCUT2D eigenvalue weighted by Crippen LogP contribution is 2.15. The summed E-state index contributed by atoms with van der Waals surface area (Å²) in [5.74, 6) is 0. The summed E-state index contributed by atoms with van der Waals surface area (Å²) >= 11 is 0. The Kier molecular flexibility index (Phi) is 48.1. The zero-order chi connectivity index (χ0) is 33.2. The van der Waals surface area contributed by atoms with E-state index in [1.54, 1.807) is 0 Å². The van der Waals surface area contributed by atoms with Gasteiger partial charge in [0.1, 0.15) is 0 Å². The molecule has 0 unspecified atom stereocenters. The summed E-state index contributed by atoms with van der Waals surface area (Å²) in [6.45, 7) is 15.0. The molecule has 0 heterocycles. The maximum Gasteiger partial charge on any atom is 0.00103 e. The average Bonchev–Trinajstić information content (AvgIpc) is 3.04. The minimum atomic E-state index is 0.649. The van der Waals surface area contributed by atoms with Crippen LogP contribution in [0.25, 0.3) is 0 Å². The molecule has 0 saturated heterocycles. The van der Waals surface area contributed by atoms with Gasteiger partial charge >= 0.3 is 0 Å². The lowest BCUT2D eigenvalue weighted by molar-refractivity contribution is 0.516. The molecule has 0 bridgehead atoms. The van der Waals surface area contributed by atoms with Gasteiger partial charge in [-0.1, -0.05) is 234 Å². The number of unbranched alkanes of at least 4 members (excludes halogenated alkanes) is 31. The van der Waals surface area contributed by atoms with Crippen molar-refractivity contribution in [1.82, 2.24) is 10.6 Å². The van der Waals surface area contributed by atoms with Crippen LogP contribution < -0.4 is 10.6 Å². The predicted octanol–water partition coefficient (Wildman–Crippen LogP) is 14.9. The van der Waals surface area contributed by atoms with Gasteiger partial charge < -0.3 is 10.6 Å². The molecular weight excluding hydrogens is 544 g/mol.